The van der Waals surface area contributed by atoms with Crippen molar-refractivity contribution in [3.8, 4) is 34.0 Å². The molecule has 0 radical (unpaired) electrons. The van der Waals surface area contributed by atoms with E-state index in [1.54, 1.807) is 59.6 Å². The number of rotatable bonds is 5. The Labute approximate surface area is 187 Å². The number of hydrogen-bond acceptors (Lipinski definition) is 6. The summed E-state index contributed by atoms with van der Waals surface area (Å²) < 4.78 is 16.4. The minimum Gasteiger partial charge on any atom is -0.333 e. The van der Waals surface area contributed by atoms with Crippen LogP contribution in [0.5, 0.6) is 0 Å². The van der Waals surface area contributed by atoms with Crippen LogP contribution in [0.2, 0.25) is 0 Å². The summed E-state index contributed by atoms with van der Waals surface area (Å²) in [6.45, 7) is 0. The van der Waals surface area contributed by atoms with Gasteiger partial charge in [-0.1, -0.05) is 18.2 Å². The molecule has 2 N–H and O–H groups in total. The molecule has 0 atom stereocenters. The molecule has 0 bridgehead atoms. The number of carbonyl (C=O) groups excluding carboxylic acids is 1. The molecule has 0 fully saturated rings. The maximum absolute atomic E-state index is 14.6. The van der Waals surface area contributed by atoms with E-state index in [0.29, 0.717) is 39.7 Å². The summed E-state index contributed by atoms with van der Waals surface area (Å²) in [5.41, 5.74) is 3.68. The Morgan fingerprint density at radius 2 is 1.88 bits per heavy atom. The van der Waals surface area contributed by atoms with Crippen LogP contribution in [0.25, 0.3) is 34.0 Å². The van der Waals surface area contributed by atoms with E-state index in [9.17, 15) is 9.18 Å². The first-order chi connectivity index (χ1) is 16.1. The zero-order chi connectivity index (χ0) is 22.8. The van der Waals surface area contributed by atoms with Crippen LogP contribution in [0.4, 0.5) is 10.1 Å². The van der Waals surface area contributed by atoms with Crippen molar-refractivity contribution in [2.45, 2.75) is 0 Å². The molecule has 0 aliphatic heterocycles. The number of aromatic amines is 1. The molecule has 2 aromatic carbocycles. The zero-order valence-electron chi connectivity index (χ0n) is 17.4. The number of imidazole rings is 1. The highest BCUT2D eigenvalue weighted by atomic mass is 19.1. The third-order valence-electron chi connectivity index (χ3n) is 5.06. The number of aromatic nitrogens is 7. The first-order valence-corrected chi connectivity index (χ1v) is 9.98. The van der Waals surface area contributed by atoms with Gasteiger partial charge in [0.2, 0.25) is 5.82 Å². The summed E-state index contributed by atoms with van der Waals surface area (Å²) in [7, 11) is 1.82. The first kappa shape index (κ1) is 20.2. The molecular weight excluding hydrogens is 423 g/mol. The van der Waals surface area contributed by atoms with Gasteiger partial charge in [0.1, 0.15) is 11.5 Å². The molecule has 0 spiro atoms. The van der Waals surface area contributed by atoms with Crippen molar-refractivity contribution >= 4 is 11.6 Å². The second-order valence-electron chi connectivity index (χ2n) is 7.23. The summed E-state index contributed by atoms with van der Waals surface area (Å²) in [5, 5.41) is 16.7. The molecule has 162 valence electrons. The van der Waals surface area contributed by atoms with Crippen molar-refractivity contribution < 1.29 is 9.18 Å². The van der Waals surface area contributed by atoms with Crippen LogP contribution in [0.1, 0.15) is 10.4 Å². The summed E-state index contributed by atoms with van der Waals surface area (Å²) in [5.74, 6) is -0.729. The second-order valence-corrected chi connectivity index (χ2v) is 7.23. The Bertz CT molecular complexity index is 1430. The molecule has 0 aliphatic rings. The molecule has 0 unspecified atom stereocenters. The quantitative estimate of drug-likeness (QED) is 0.431. The monoisotopic (exact) mass is 440 g/mol. The lowest BCUT2D eigenvalue weighted by Crippen LogP contribution is -2.14. The van der Waals surface area contributed by atoms with E-state index in [1.807, 2.05) is 13.1 Å². The van der Waals surface area contributed by atoms with E-state index < -0.39 is 11.7 Å². The van der Waals surface area contributed by atoms with Crippen LogP contribution >= 0.6 is 0 Å². The lowest BCUT2D eigenvalue weighted by atomic mass is 10.0. The molecule has 3 aromatic heterocycles. The highest BCUT2D eigenvalue weighted by Crippen LogP contribution is 2.32. The van der Waals surface area contributed by atoms with Crippen LogP contribution in [0, 0.1) is 5.82 Å². The van der Waals surface area contributed by atoms with Gasteiger partial charge in [-0.3, -0.25) is 9.78 Å². The fourth-order valence-corrected chi connectivity index (χ4v) is 3.51. The van der Waals surface area contributed by atoms with Gasteiger partial charge in [-0.05, 0) is 47.7 Å². The van der Waals surface area contributed by atoms with Crippen molar-refractivity contribution in [2.75, 3.05) is 5.32 Å². The predicted molar refractivity (Wildman–Crippen MR) is 119 cm³/mol. The van der Waals surface area contributed by atoms with Gasteiger partial charge in [-0.15, -0.1) is 10.2 Å². The molecule has 1 amide bonds. The molecule has 33 heavy (non-hydrogen) atoms. The highest BCUT2D eigenvalue weighted by molar-refractivity contribution is 6.05. The van der Waals surface area contributed by atoms with Crippen molar-refractivity contribution in [1.82, 2.24) is 35.2 Å². The van der Waals surface area contributed by atoms with E-state index in [1.165, 1.54) is 12.1 Å². The summed E-state index contributed by atoms with van der Waals surface area (Å²) in [6.07, 6.45) is 3.27. The van der Waals surface area contributed by atoms with E-state index in [2.05, 4.69) is 35.9 Å². The van der Waals surface area contributed by atoms with Gasteiger partial charge >= 0.3 is 0 Å². The van der Waals surface area contributed by atoms with Gasteiger partial charge in [0.15, 0.2) is 0 Å². The number of tetrazole rings is 1. The number of anilines is 1. The fraction of sp³-hybridized carbons (Fsp3) is 0.0435. The van der Waals surface area contributed by atoms with Gasteiger partial charge < -0.3 is 9.88 Å². The maximum atomic E-state index is 14.6. The standard InChI is InChI=1S/C23H17FN8O/c1-32-13-26-20(19-12-15(9-10-25-19)22-28-30-31-29-22)21(32)14-7-8-18(24)17(11-14)23(33)27-16-5-3-2-4-6-16/h2-13H,1H3,(H,27,33)(H,28,29,30,31). The molecule has 0 saturated heterocycles. The third-order valence-corrected chi connectivity index (χ3v) is 5.06. The molecule has 10 heteroatoms. The van der Waals surface area contributed by atoms with Crippen LogP contribution in [0.3, 0.4) is 0 Å². The number of amides is 1. The number of H-pyrrole nitrogens is 1. The number of pyridine rings is 1. The minimum absolute atomic E-state index is 0.0722. The van der Waals surface area contributed by atoms with Crippen molar-refractivity contribution in [3.05, 3.63) is 84.6 Å². The summed E-state index contributed by atoms with van der Waals surface area (Å²) >= 11 is 0. The largest absolute Gasteiger partial charge is 0.333 e. The van der Waals surface area contributed by atoms with Crippen LogP contribution in [-0.2, 0) is 7.05 Å². The Kier molecular flexibility index (Phi) is 5.15. The molecule has 5 rings (SSSR count). The number of benzene rings is 2. The molecule has 5 aromatic rings. The van der Waals surface area contributed by atoms with E-state index in [0.717, 1.165) is 0 Å². The van der Waals surface area contributed by atoms with Gasteiger partial charge in [0.25, 0.3) is 5.91 Å². The van der Waals surface area contributed by atoms with E-state index >= 15 is 0 Å². The Morgan fingerprint density at radius 3 is 2.67 bits per heavy atom. The Hall–Kier alpha value is -4.73. The summed E-state index contributed by atoms with van der Waals surface area (Å²) in [4.78, 5) is 21.7. The lowest BCUT2D eigenvalue weighted by molar-refractivity contribution is 0.102. The normalized spacial score (nSPS) is 10.8. The number of nitrogens with zero attached hydrogens (tertiary/aromatic N) is 6. The van der Waals surface area contributed by atoms with Crippen LogP contribution in [0.15, 0.2) is 73.2 Å². The van der Waals surface area contributed by atoms with Crippen molar-refractivity contribution in [3.63, 3.8) is 0 Å². The number of halogens is 1. The first-order valence-electron chi connectivity index (χ1n) is 9.98. The minimum atomic E-state index is -0.617. The Morgan fingerprint density at radius 1 is 1.03 bits per heavy atom. The molecular formula is C23H17FN8O. The molecule has 9 nitrogen and oxygen atoms in total. The SMILES string of the molecule is Cn1cnc(-c2cc(-c3nn[nH]n3)ccn2)c1-c1ccc(F)c(C(=O)Nc2ccccc2)c1. The van der Waals surface area contributed by atoms with Gasteiger partial charge in [0, 0.05) is 30.1 Å². The van der Waals surface area contributed by atoms with Gasteiger partial charge in [-0.25, -0.2) is 9.37 Å². The number of hydrogen-bond donors (Lipinski definition) is 2. The number of carbonyl (C=O) groups is 1. The fourth-order valence-electron chi connectivity index (χ4n) is 3.51. The second kappa shape index (κ2) is 8.42. The van der Waals surface area contributed by atoms with Gasteiger partial charge in [-0.2, -0.15) is 5.21 Å². The number of nitrogens with one attached hydrogen (secondary N) is 2. The zero-order valence-corrected chi connectivity index (χ0v) is 17.4. The molecule has 0 saturated carbocycles. The average Bonchev–Trinajstić information content (AvgIpc) is 3.50. The van der Waals surface area contributed by atoms with E-state index in [4.69, 9.17) is 0 Å². The molecule has 3 heterocycles. The molecule has 0 aliphatic carbocycles. The Balaban J connectivity index is 1.54. The van der Waals surface area contributed by atoms with Crippen molar-refractivity contribution in [2.24, 2.45) is 7.05 Å². The maximum Gasteiger partial charge on any atom is 0.258 e. The van der Waals surface area contributed by atoms with Crippen LogP contribution < -0.4 is 5.32 Å². The number of aryl methyl sites for hydroxylation is 1. The average molecular weight is 440 g/mol. The summed E-state index contributed by atoms with van der Waals surface area (Å²) in [6, 6.07) is 16.8. The van der Waals surface area contributed by atoms with Gasteiger partial charge in [0.05, 0.1) is 23.3 Å². The highest BCUT2D eigenvalue weighted by Gasteiger charge is 2.19. The van der Waals surface area contributed by atoms with E-state index in [-0.39, 0.29) is 5.56 Å². The van der Waals surface area contributed by atoms with Crippen LogP contribution in [-0.4, -0.2) is 41.1 Å². The lowest BCUT2D eigenvalue weighted by Gasteiger charge is -2.10. The third kappa shape index (κ3) is 3.97. The predicted octanol–water partition coefficient (Wildman–Crippen LogP) is 3.72. The number of para-hydroxylation sites is 1. The van der Waals surface area contributed by atoms with Crippen molar-refractivity contribution in [1.29, 1.82) is 0 Å². The smallest absolute Gasteiger partial charge is 0.258 e. The topological polar surface area (TPSA) is 114 Å².